The van der Waals surface area contributed by atoms with Crippen LogP contribution < -0.4 is 16.0 Å². The van der Waals surface area contributed by atoms with Crippen LogP contribution in [0.5, 0.6) is 0 Å². The molecule has 1 heterocycles. The number of carbonyl (C=O) groups is 3. The maximum absolute atomic E-state index is 11.7. The van der Waals surface area contributed by atoms with Crippen LogP contribution in [0.1, 0.15) is 6.92 Å². The summed E-state index contributed by atoms with van der Waals surface area (Å²) in [5.74, 6) is -1.64. The van der Waals surface area contributed by atoms with Gasteiger partial charge in [-0.15, -0.1) is 0 Å². The molecule has 1 saturated heterocycles. The van der Waals surface area contributed by atoms with Crippen LogP contribution in [-0.2, 0) is 14.4 Å². The van der Waals surface area contributed by atoms with E-state index in [-0.39, 0.29) is 5.91 Å². The second-order valence-electron chi connectivity index (χ2n) is 3.85. The van der Waals surface area contributed by atoms with Crippen molar-refractivity contribution in [2.24, 2.45) is 0 Å². The van der Waals surface area contributed by atoms with Crippen LogP contribution in [-0.4, -0.2) is 61.9 Å². The van der Waals surface area contributed by atoms with Gasteiger partial charge in [-0.3, -0.25) is 14.4 Å². The molecule has 96 valence electrons. The van der Waals surface area contributed by atoms with E-state index >= 15 is 0 Å². The fraction of sp³-hybridized carbons (Fsp3) is 0.700. The Hall–Kier alpha value is -1.63. The number of carbonyl (C=O) groups excluding carboxylic acids is 3. The summed E-state index contributed by atoms with van der Waals surface area (Å²) >= 11 is 0. The van der Waals surface area contributed by atoms with E-state index < -0.39 is 17.9 Å². The highest BCUT2D eigenvalue weighted by Gasteiger charge is 2.25. The molecule has 7 nitrogen and oxygen atoms in total. The summed E-state index contributed by atoms with van der Waals surface area (Å²) in [6.45, 7) is 3.93. The number of likely N-dealkylation sites (N-methyl/N-ethyl adjacent to an activating group) is 1. The van der Waals surface area contributed by atoms with Crippen molar-refractivity contribution in [1.82, 2.24) is 20.9 Å². The number of nitrogens with zero attached hydrogens (tertiary/aromatic N) is 1. The first kappa shape index (κ1) is 13.4. The molecule has 1 unspecified atom stereocenters. The van der Waals surface area contributed by atoms with Gasteiger partial charge >= 0.3 is 11.8 Å². The molecule has 3 N–H and O–H groups in total. The SMILES string of the molecule is CNC(=O)C(C)NC(=O)C(=O)N1CCNCC1. The molecule has 1 aliphatic heterocycles. The maximum Gasteiger partial charge on any atom is 0.311 e. The lowest BCUT2D eigenvalue weighted by Crippen LogP contribution is -2.54. The third-order valence-electron chi connectivity index (χ3n) is 2.59. The molecule has 0 spiro atoms. The van der Waals surface area contributed by atoms with E-state index in [0.29, 0.717) is 26.2 Å². The topological polar surface area (TPSA) is 90.5 Å². The largest absolute Gasteiger partial charge is 0.357 e. The van der Waals surface area contributed by atoms with Crippen molar-refractivity contribution in [3.05, 3.63) is 0 Å². The summed E-state index contributed by atoms with van der Waals surface area (Å²) in [5, 5.41) is 7.85. The van der Waals surface area contributed by atoms with Gasteiger partial charge in [0.2, 0.25) is 5.91 Å². The minimum Gasteiger partial charge on any atom is -0.357 e. The van der Waals surface area contributed by atoms with E-state index in [1.807, 2.05) is 0 Å². The minimum atomic E-state index is -0.733. The van der Waals surface area contributed by atoms with Crippen LogP contribution in [0.15, 0.2) is 0 Å². The third kappa shape index (κ3) is 3.70. The van der Waals surface area contributed by atoms with Crippen molar-refractivity contribution in [2.45, 2.75) is 13.0 Å². The Kier molecular flexibility index (Phi) is 4.89. The lowest BCUT2D eigenvalue weighted by atomic mass is 10.3. The van der Waals surface area contributed by atoms with Gasteiger partial charge in [0, 0.05) is 33.2 Å². The number of amides is 3. The van der Waals surface area contributed by atoms with Crippen molar-refractivity contribution < 1.29 is 14.4 Å². The quantitative estimate of drug-likeness (QED) is 0.474. The van der Waals surface area contributed by atoms with Crippen LogP contribution in [0.3, 0.4) is 0 Å². The van der Waals surface area contributed by atoms with Crippen molar-refractivity contribution in [3.8, 4) is 0 Å². The first-order valence-corrected chi connectivity index (χ1v) is 5.58. The highest BCUT2D eigenvalue weighted by molar-refractivity contribution is 6.35. The molecule has 1 rings (SSSR count). The molecular formula is C10H18N4O3. The molecule has 1 aliphatic rings. The van der Waals surface area contributed by atoms with Gasteiger partial charge in [-0.05, 0) is 6.92 Å². The fourth-order valence-electron chi connectivity index (χ4n) is 1.55. The Morgan fingerprint density at radius 2 is 1.82 bits per heavy atom. The molecule has 0 bridgehead atoms. The first-order valence-electron chi connectivity index (χ1n) is 5.58. The molecule has 3 amide bonds. The van der Waals surface area contributed by atoms with Crippen LogP contribution in [0.2, 0.25) is 0 Å². The summed E-state index contributed by atoms with van der Waals surface area (Å²) in [7, 11) is 1.48. The molecule has 0 aromatic heterocycles. The molecule has 1 fully saturated rings. The normalized spacial score (nSPS) is 17.2. The van der Waals surface area contributed by atoms with Gasteiger partial charge in [0.15, 0.2) is 0 Å². The Morgan fingerprint density at radius 1 is 1.24 bits per heavy atom. The zero-order valence-electron chi connectivity index (χ0n) is 10.1. The number of rotatable bonds is 2. The van der Waals surface area contributed by atoms with E-state index in [0.717, 1.165) is 0 Å². The standard InChI is InChI=1S/C10H18N4O3/c1-7(8(15)11-2)13-9(16)10(17)14-5-3-12-4-6-14/h7,12H,3-6H2,1-2H3,(H,11,15)(H,13,16). The summed E-state index contributed by atoms with van der Waals surface area (Å²) in [6, 6.07) is -0.709. The van der Waals surface area contributed by atoms with Crippen LogP contribution >= 0.6 is 0 Å². The number of hydrogen-bond acceptors (Lipinski definition) is 4. The third-order valence-corrected chi connectivity index (χ3v) is 2.59. The summed E-state index contributed by atoms with van der Waals surface area (Å²) in [5.41, 5.74) is 0. The Morgan fingerprint density at radius 3 is 2.35 bits per heavy atom. The highest BCUT2D eigenvalue weighted by Crippen LogP contribution is 1.94. The predicted octanol–water partition coefficient (Wildman–Crippen LogP) is -2.33. The van der Waals surface area contributed by atoms with Crippen molar-refractivity contribution in [2.75, 3.05) is 33.2 Å². The van der Waals surface area contributed by atoms with E-state index in [4.69, 9.17) is 0 Å². The van der Waals surface area contributed by atoms with Crippen LogP contribution in [0.25, 0.3) is 0 Å². The maximum atomic E-state index is 11.7. The lowest BCUT2D eigenvalue weighted by Gasteiger charge is -2.27. The predicted molar refractivity (Wildman–Crippen MR) is 61.1 cm³/mol. The molecule has 0 aromatic carbocycles. The summed E-state index contributed by atoms with van der Waals surface area (Å²) < 4.78 is 0. The fourth-order valence-corrected chi connectivity index (χ4v) is 1.55. The van der Waals surface area contributed by atoms with E-state index in [1.54, 1.807) is 0 Å². The zero-order chi connectivity index (χ0) is 12.8. The zero-order valence-corrected chi connectivity index (χ0v) is 10.1. The summed E-state index contributed by atoms with van der Waals surface area (Å²) in [6.07, 6.45) is 0. The van der Waals surface area contributed by atoms with Crippen molar-refractivity contribution >= 4 is 17.7 Å². The van der Waals surface area contributed by atoms with Crippen molar-refractivity contribution in [3.63, 3.8) is 0 Å². The van der Waals surface area contributed by atoms with Gasteiger partial charge in [0.05, 0.1) is 0 Å². The van der Waals surface area contributed by atoms with Gasteiger partial charge < -0.3 is 20.9 Å². The molecule has 7 heteroatoms. The molecule has 1 atom stereocenters. The molecular weight excluding hydrogens is 224 g/mol. The summed E-state index contributed by atoms with van der Waals surface area (Å²) in [4.78, 5) is 35.9. The van der Waals surface area contributed by atoms with E-state index in [2.05, 4.69) is 16.0 Å². The Labute approximate surface area is 99.9 Å². The van der Waals surface area contributed by atoms with Crippen LogP contribution in [0, 0.1) is 0 Å². The molecule has 17 heavy (non-hydrogen) atoms. The van der Waals surface area contributed by atoms with E-state index in [1.165, 1.54) is 18.9 Å². The van der Waals surface area contributed by atoms with Crippen molar-refractivity contribution in [1.29, 1.82) is 0 Å². The second-order valence-corrected chi connectivity index (χ2v) is 3.85. The lowest BCUT2D eigenvalue weighted by molar-refractivity contribution is -0.147. The van der Waals surface area contributed by atoms with Gasteiger partial charge in [-0.2, -0.15) is 0 Å². The van der Waals surface area contributed by atoms with Gasteiger partial charge in [0.1, 0.15) is 6.04 Å². The monoisotopic (exact) mass is 242 g/mol. The highest BCUT2D eigenvalue weighted by atomic mass is 16.2. The first-order chi connectivity index (χ1) is 8.06. The number of nitrogens with one attached hydrogen (secondary N) is 3. The van der Waals surface area contributed by atoms with Gasteiger partial charge in [-0.1, -0.05) is 0 Å². The average molecular weight is 242 g/mol. The van der Waals surface area contributed by atoms with Gasteiger partial charge in [0.25, 0.3) is 0 Å². The molecule has 0 radical (unpaired) electrons. The van der Waals surface area contributed by atoms with Gasteiger partial charge in [-0.25, -0.2) is 0 Å². The molecule has 0 aliphatic carbocycles. The Bertz CT molecular complexity index is 313. The second kappa shape index (κ2) is 6.19. The smallest absolute Gasteiger partial charge is 0.311 e. The van der Waals surface area contributed by atoms with E-state index in [9.17, 15) is 14.4 Å². The average Bonchev–Trinajstić information content (AvgIpc) is 2.37. The molecule has 0 saturated carbocycles. The van der Waals surface area contributed by atoms with Crippen LogP contribution in [0.4, 0.5) is 0 Å². The number of hydrogen-bond donors (Lipinski definition) is 3. The minimum absolute atomic E-state index is 0.327. The molecule has 0 aromatic rings. The Balaban J connectivity index is 2.46. The number of piperazine rings is 1.